The van der Waals surface area contributed by atoms with Crippen LogP contribution >= 0.6 is 11.6 Å². The van der Waals surface area contributed by atoms with Gasteiger partial charge in [-0.1, -0.05) is 11.6 Å². The third-order valence-electron chi connectivity index (χ3n) is 3.00. The molecule has 1 aromatic carbocycles. The number of aromatic hydroxyl groups is 1. The number of likely N-dealkylation sites (N-methyl/N-ethyl adjacent to an activating group) is 1. The summed E-state index contributed by atoms with van der Waals surface area (Å²) in [5.41, 5.74) is 0.842. The zero-order valence-electron chi connectivity index (χ0n) is 11.5. The van der Waals surface area contributed by atoms with E-state index >= 15 is 0 Å². The van der Waals surface area contributed by atoms with Gasteiger partial charge < -0.3 is 9.84 Å². The minimum Gasteiger partial charge on any atom is -0.508 e. The molecular weight excluding hydrogens is 250 g/mol. The number of halogens is 1. The second-order valence-corrected chi connectivity index (χ2v) is 5.22. The number of rotatable bonds is 6. The fourth-order valence-corrected chi connectivity index (χ4v) is 1.90. The van der Waals surface area contributed by atoms with E-state index in [1.54, 1.807) is 18.2 Å². The highest BCUT2D eigenvalue weighted by Crippen LogP contribution is 2.29. The molecule has 1 unspecified atom stereocenters. The summed E-state index contributed by atoms with van der Waals surface area (Å²) in [6.45, 7) is 7.57. The second kappa shape index (κ2) is 6.98. The van der Waals surface area contributed by atoms with Crippen LogP contribution in [-0.2, 0) is 4.74 Å². The predicted octanol–water partition coefficient (Wildman–Crippen LogP) is 3.46. The maximum absolute atomic E-state index is 9.85. The van der Waals surface area contributed by atoms with Crippen LogP contribution in [0, 0.1) is 0 Å². The highest BCUT2D eigenvalue weighted by molar-refractivity contribution is 6.30. The van der Waals surface area contributed by atoms with Gasteiger partial charge in [0.25, 0.3) is 0 Å². The molecule has 0 spiro atoms. The summed E-state index contributed by atoms with van der Waals surface area (Å²) in [6.07, 6.45) is 0.244. The van der Waals surface area contributed by atoms with Gasteiger partial charge in [0.2, 0.25) is 0 Å². The van der Waals surface area contributed by atoms with Crippen LogP contribution in [0.15, 0.2) is 18.2 Å². The van der Waals surface area contributed by atoms with Gasteiger partial charge in [0.05, 0.1) is 12.7 Å². The molecule has 4 heteroatoms. The fraction of sp³-hybridized carbons (Fsp3) is 0.571. The first-order chi connectivity index (χ1) is 8.41. The Morgan fingerprint density at radius 1 is 1.33 bits per heavy atom. The van der Waals surface area contributed by atoms with Gasteiger partial charge in [0.1, 0.15) is 5.75 Å². The molecule has 1 N–H and O–H groups in total. The van der Waals surface area contributed by atoms with E-state index in [-0.39, 0.29) is 17.9 Å². The topological polar surface area (TPSA) is 32.7 Å². The Labute approximate surface area is 114 Å². The van der Waals surface area contributed by atoms with E-state index in [9.17, 15) is 5.11 Å². The molecule has 0 aliphatic rings. The van der Waals surface area contributed by atoms with Crippen molar-refractivity contribution in [3.8, 4) is 5.75 Å². The van der Waals surface area contributed by atoms with Crippen LogP contribution in [0.1, 0.15) is 32.4 Å². The Bertz CT molecular complexity index is 382. The lowest BCUT2D eigenvalue weighted by Gasteiger charge is -2.26. The van der Waals surface area contributed by atoms with Gasteiger partial charge in [-0.15, -0.1) is 0 Å². The molecule has 0 bridgehead atoms. The van der Waals surface area contributed by atoms with Gasteiger partial charge >= 0.3 is 0 Å². The minimum absolute atomic E-state index is 0.0967. The molecule has 0 saturated heterocycles. The number of phenols is 1. The Kier molecular flexibility index (Phi) is 5.93. The van der Waals surface area contributed by atoms with E-state index in [0.717, 1.165) is 12.1 Å². The highest BCUT2D eigenvalue weighted by Gasteiger charge is 2.15. The van der Waals surface area contributed by atoms with Crippen LogP contribution in [0.3, 0.4) is 0 Å². The summed E-state index contributed by atoms with van der Waals surface area (Å²) in [6, 6.07) is 5.22. The molecule has 3 nitrogen and oxygen atoms in total. The third kappa shape index (κ3) is 4.48. The molecule has 0 fully saturated rings. The van der Waals surface area contributed by atoms with Crippen molar-refractivity contribution in [3.05, 3.63) is 28.8 Å². The number of nitrogens with zero attached hydrogens (tertiary/aromatic N) is 1. The van der Waals surface area contributed by atoms with E-state index in [1.165, 1.54) is 0 Å². The normalized spacial score (nSPS) is 13.3. The molecular formula is C14H22ClNO2. The molecule has 0 amide bonds. The number of hydrogen-bond donors (Lipinski definition) is 1. The van der Waals surface area contributed by atoms with Crippen molar-refractivity contribution in [2.75, 3.05) is 20.2 Å². The predicted molar refractivity (Wildman–Crippen MR) is 75.2 cm³/mol. The zero-order valence-corrected chi connectivity index (χ0v) is 12.2. The molecule has 0 aliphatic carbocycles. The summed E-state index contributed by atoms with van der Waals surface area (Å²) in [4.78, 5) is 2.13. The first kappa shape index (κ1) is 15.3. The van der Waals surface area contributed by atoms with Crippen molar-refractivity contribution < 1.29 is 9.84 Å². The lowest BCUT2D eigenvalue weighted by Crippen LogP contribution is -2.27. The lowest BCUT2D eigenvalue weighted by atomic mass is 10.1. The van der Waals surface area contributed by atoms with Gasteiger partial charge in [0.15, 0.2) is 0 Å². The zero-order chi connectivity index (χ0) is 13.7. The van der Waals surface area contributed by atoms with Crippen molar-refractivity contribution in [1.29, 1.82) is 0 Å². The molecule has 0 aromatic heterocycles. The van der Waals surface area contributed by atoms with Crippen LogP contribution in [0.25, 0.3) is 0 Å². The summed E-state index contributed by atoms with van der Waals surface area (Å²) in [5.74, 6) is 0.281. The van der Waals surface area contributed by atoms with E-state index in [1.807, 2.05) is 27.8 Å². The fourth-order valence-electron chi connectivity index (χ4n) is 1.72. The standard InChI is InChI=1S/C14H22ClNO2/c1-10(2)18-8-7-16(4)11(3)13-9-12(15)5-6-14(13)17/h5-6,9-11,17H,7-8H2,1-4H3. The molecule has 0 aliphatic heterocycles. The first-order valence-electron chi connectivity index (χ1n) is 6.22. The summed E-state index contributed by atoms with van der Waals surface area (Å²) in [7, 11) is 2.01. The highest BCUT2D eigenvalue weighted by atomic mass is 35.5. The van der Waals surface area contributed by atoms with Gasteiger partial charge in [-0.25, -0.2) is 0 Å². The van der Waals surface area contributed by atoms with Gasteiger partial charge in [0, 0.05) is 23.2 Å². The number of ether oxygens (including phenoxy) is 1. The van der Waals surface area contributed by atoms with Crippen LogP contribution in [0.4, 0.5) is 0 Å². The molecule has 1 rings (SSSR count). The number of hydrogen-bond acceptors (Lipinski definition) is 3. The molecule has 102 valence electrons. The maximum Gasteiger partial charge on any atom is 0.120 e. The van der Waals surface area contributed by atoms with Crippen molar-refractivity contribution in [3.63, 3.8) is 0 Å². The molecule has 0 heterocycles. The Morgan fingerprint density at radius 3 is 2.61 bits per heavy atom. The SMILES string of the molecule is CC(C)OCCN(C)C(C)c1cc(Cl)ccc1O. The van der Waals surface area contributed by atoms with E-state index < -0.39 is 0 Å². The summed E-state index contributed by atoms with van der Waals surface area (Å²) >= 11 is 5.96. The lowest BCUT2D eigenvalue weighted by molar-refractivity contribution is 0.0571. The van der Waals surface area contributed by atoms with Crippen molar-refractivity contribution >= 4 is 11.6 Å². The molecule has 1 atom stereocenters. The monoisotopic (exact) mass is 271 g/mol. The Hall–Kier alpha value is -0.770. The minimum atomic E-state index is 0.0967. The van der Waals surface area contributed by atoms with Crippen LogP contribution in [0.2, 0.25) is 5.02 Å². The third-order valence-corrected chi connectivity index (χ3v) is 3.23. The van der Waals surface area contributed by atoms with E-state index in [0.29, 0.717) is 11.6 Å². The second-order valence-electron chi connectivity index (χ2n) is 4.78. The van der Waals surface area contributed by atoms with Crippen molar-refractivity contribution in [2.45, 2.75) is 32.9 Å². The van der Waals surface area contributed by atoms with E-state index in [2.05, 4.69) is 4.90 Å². The van der Waals surface area contributed by atoms with Crippen molar-refractivity contribution in [1.82, 2.24) is 4.90 Å². The summed E-state index contributed by atoms with van der Waals surface area (Å²) in [5, 5.41) is 10.5. The average molecular weight is 272 g/mol. The largest absolute Gasteiger partial charge is 0.508 e. The number of benzene rings is 1. The quantitative estimate of drug-likeness (QED) is 0.860. The molecule has 0 radical (unpaired) electrons. The van der Waals surface area contributed by atoms with Crippen LogP contribution < -0.4 is 0 Å². The average Bonchev–Trinajstić information content (AvgIpc) is 2.30. The van der Waals surface area contributed by atoms with Gasteiger partial charge in [-0.05, 0) is 46.0 Å². The first-order valence-corrected chi connectivity index (χ1v) is 6.60. The van der Waals surface area contributed by atoms with Crippen LogP contribution in [-0.4, -0.2) is 36.3 Å². The van der Waals surface area contributed by atoms with Gasteiger partial charge in [-0.3, -0.25) is 4.90 Å². The maximum atomic E-state index is 9.85. The van der Waals surface area contributed by atoms with Gasteiger partial charge in [-0.2, -0.15) is 0 Å². The smallest absolute Gasteiger partial charge is 0.120 e. The Morgan fingerprint density at radius 2 is 2.00 bits per heavy atom. The van der Waals surface area contributed by atoms with Crippen LogP contribution in [0.5, 0.6) is 5.75 Å². The molecule has 0 saturated carbocycles. The molecule has 1 aromatic rings. The summed E-state index contributed by atoms with van der Waals surface area (Å²) < 4.78 is 5.52. The van der Waals surface area contributed by atoms with E-state index in [4.69, 9.17) is 16.3 Å². The Balaban J connectivity index is 2.62. The molecule has 18 heavy (non-hydrogen) atoms. The van der Waals surface area contributed by atoms with Crippen molar-refractivity contribution in [2.24, 2.45) is 0 Å². The number of phenolic OH excluding ortho intramolecular Hbond substituents is 1.